The van der Waals surface area contributed by atoms with Crippen molar-refractivity contribution in [3.8, 4) is 0 Å². The van der Waals surface area contributed by atoms with E-state index in [0.717, 1.165) is 24.8 Å². The number of rotatable bonds is 2. The third-order valence-corrected chi connectivity index (χ3v) is 2.63. The van der Waals surface area contributed by atoms with Crippen LogP contribution in [0.2, 0.25) is 0 Å². The molecular formula is C11H14N2O. The van der Waals surface area contributed by atoms with Gasteiger partial charge < -0.3 is 5.32 Å². The van der Waals surface area contributed by atoms with Gasteiger partial charge in [0.1, 0.15) is 0 Å². The molecule has 1 aromatic heterocycles. The van der Waals surface area contributed by atoms with E-state index in [1.165, 1.54) is 12.8 Å². The van der Waals surface area contributed by atoms with E-state index in [1.807, 2.05) is 12.3 Å². The number of pyridine rings is 1. The van der Waals surface area contributed by atoms with Gasteiger partial charge in [0.25, 0.3) is 0 Å². The molecule has 1 aliphatic rings. The zero-order valence-electron chi connectivity index (χ0n) is 8.07. The molecule has 1 saturated heterocycles. The number of aldehydes is 1. The molecule has 3 nitrogen and oxygen atoms in total. The molecule has 2 rings (SSSR count). The standard InChI is InChI=1S/C11H14N2O/c14-8-9-5-10(7-12-6-9)11-3-1-2-4-13-11/h5-8,11,13H,1-4H2/t11-/m0/s1. The highest BCUT2D eigenvalue weighted by atomic mass is 16.1. The Labute approximate surface area is 83.5 Å². The Morgan fingerprint density at radius 1 is 1.43 bits per heavy atom. The van der Waals surface area contributed by atoms with Crippen LogP contribution in [0.1, 0.15) is 41.2 Å². The van der Waals surface area contributed by atoms with Crippen LogP contribution < -0.4 is 5.32 Å². The summed E-state index contributed by atoms with van der Waals surface area (Å²) in [5.74, 6) is 0. The van der Waals surface area contributed by atoms with Crippen molar-refractivity contribution in [3.63, 3.8) is 0 Å². The van der Waals surface area contributed by atoms with Gasteiger partial charge in [0.2, 0.25) is 0 Å². The Balaban J connectivity index is 2.17. The summed E-state index contributed by atoms with van der Waals surface area (Å²) in [6.07, 6.45) is 7.93. The van der Waals surface area contributed by atoms with Gasteiger partial charge in [0, 0.05) is 24.0 Å². The largest absolute Gasteiger partial charge is 0.310 e. The highest BCUT2D eigenvalue weighted by molar-refractivity contribution is 5.74. The minimum Gasteiger partial charge on any atom is -0.310 e. The molecule has 0 radical (unpaired) electrons. The molecule has 1 N–H and O–H groups in total. The summed E-state index contributed by atoms with van der Waals surface area (Å²) in [7, 11) is 0. The molecule has 1 fully saturated rings. The number of hydrogen-bond donors (Lipinski definition) is 1. The van der Waals surface area contributed by atoms with Crippen LogP contribution in [0.25, 0.3) is 0 Å². The molecule has 3 heteroatoms. The van der Waals surface area contributed by atoms with Crippen molar-refractivity contribution in [1.82, 2.24) is 10.3 Å². The molecule has 0 amide bonds. The van der Waals surface area contributed by atoms with Crippen LogP contribution in [-0.4, -0.2) is 17.8 Å². The van der Waals surface area contributed by atoms with E-state index in [4.69, 9.17) is 0 Å². The maximum atomic E-state index is 10.6. The van der Waals surface area contributed by atoms with Crippen LogP contribution in [0, 0.1) is 0 Å². The lowest BCUT2D eigenvalue weighted by Gasteiger charge is -2.23. The molecule has 0 unspecified atom stereocenters. The molecule has 0 aromatic carbocycles. The lowest BCUT2D eigenvalue weighted by atomic mass is 9.98. The monoisotopic (exact) mass is 190 g/mol. The van der Waals surface area contributed by atoms with Crippen LogP contribution in [0.5, 0.6) is 0 Å². The fraction of sp³-hybridized carbons (Fsp3) is 0.455. The highest BCUT2D eigenvalue weighted by Gasteiger charge is 2.14. The zero-order valence-corrected chi connectivity index (χ0v) is 8.07. The highest BCUT2D eigenvalue weighted by Crippen LogP contribution is 2.22. The molecule has 0 aliphatic carbocycles. The summed E-state index contributed by atoms with van der Waals surface area (Å²) in [6, 6.07) is 2.30. The molecule has 0 spiro atoms. The third kappa shape index (κ3) is 1.99. The second kappa shape index (κ2) is 4.33. The number of piperidine rings is 1. The molecule has 1 aromatic rings. The Morgan fingerprint density at radius 3 is 3.07 bits per heavy atom. The van der Waals surface area contributed by atoms with Crippen molar-refractivity contribution in [2.45, 2.75) is 25.3 Å². The van der Waals surface area contributed by atoms with Gasteiger partial charge in [-0.3, -0.25) is 9.78 Å². The van der Waals surface area contributed by atoms with Crippen LogP contribution in [0.4, 0.5) is 0 Å². The van der Waals surface area contributed by atoms with E-state index in [0.29, 0.717) is 11.6 Å². The van der Waals surface area contributed by atoms with Gasteiger partial charge in [-0.15, -0.1) is 0 Å². The number of carbonyl (C=O) groups excluding carboxylic acids is 1. The van der Waals surface area contributed by atoms with Crippen molar-refractivity contribution < 1.29 is 4.79 Å². The Bertz CT molecular complexity index is 319. The van der Waals surface area contributed by atoms with Crippen molar-refractivity contribution >= 4 is 6.29 Å². The van der Waals surface area contributed by atoms with Gasteiger partial charge in [0.15, 0.2) is 6.29 Å². The molecule has 1 atom stereocenters. The van der Waals surface area contributed by atoms with E-state index in [-0.39, 0.29) is 0 Å². The number of hydrogen-bond acceptors (Lipinski definition) is 3. The summed E-state index contributed by atoms with van der Waals surface area (Å²) in [5, 5.41) is 3.43. The molecule has 2 heterocycles. The van der Waals surface area contributed by atoms with E-state index >= 15 is 0 Å². The lowest BCUT2D eigenvalue weighted by Crippen LogP contribution is -2.26. The first-order chi connectivity index (χ1) is 6.90. The Hall–Kier alpha value is -1.22. The maximum Gasteiger partial charge on any atom is 0.151 e. The molecule has 1 aliphatic heterocycles. The first-order valence-corrected chi connectivity index (χ1v) is 5.03. The summed E-state index contributed by atoms with van der Waals surface area (Å²) in [6.45, 7) is 1.07. The fourth-order valence-electron chi connectivity index (χ4n) is 1.87. The van der Waals surface area contributed by atoms with Crippen LogP contribution in [0.3, 0.4) is 0 Å². The van der Waals surface area contributed by atoms with Gasteiger partial charge in [-0.05, 0) is 31.0 Å². The fourth-order valence-corrected chi connectivity index (χ4v) is 1.87. The number of nitrogens with one attached hydrogen (secondary N) is 1. The second-order valence-electron chi connectivity index (χ2n) is 3.67. The van der Waals surface area contributed by atoms with Gasteiger partial charge in [-0.1, -0.05) is 6.42 Å². The van der Waals surface area contributed by atoms with Crippen molar-refractivity contribution in [2.75, 3.05) is 6.54 Å². The van der Waals surface area contributed by atoms with E-state index in [1.54, 1.807) is 6.20 Å². The van der Waals surface area contributed by atoms with Gasteiger partial charge in [-0.25, -0.2) is 0 Å². The first-order valence-electron chi connectivity index (χ1n) is 5.03. The molecular weight excluding hydrogens is 176 g/mol. The molecule has 0 bridgehead atoms. The van der Waals surface area contributed by atoms with Crippen molar-refractivity contribution in [2.24, 2.45) is 0 Å². The quantitative estimate of drug-likeness (QED) is 0.722. The van der Waals surface area contributed by atoms with E-state index in [2.05, 4.69) is 10.3 Å². The zero-order chi connectivity index (χ0) is 9.80. The van der Waals surface area contributed by atoms with Gasteiger partial charge in [-0.2, -0.15) is 0 Å². The molecule has 14 heavy (non-hydrogen) atoms. The summed E-state index contributed by atoms with van der Waals surface area (Å²) < 4.78 is 0. The minimum absolute atomic E-state index is 0.385. The van der Waals surface area contributed by atoms with Crippen LogP contribution >= 0.6 is 0 Å². The second-order valence-corrected chi connectivity index (χ2v) is 3.67. The summed E-state index contributed by atoms with van der Waals surface area (Å²) in [4.78, 5) is 14.6. The minimum atomic E-state index is 0.385. The number of nitrogens with zero attached hydrogens (tertiary/aromatic N) is 1. The topological polar surface area (TPSA) is 42.0 Å². The average molecular weight is 190 g/mol. The van der Waals surface area contributed by atoms with Gasteiger partial charge >= 0.3 is 0 Å². The number of carbonyl (C=O) groups is 1. The normalized spacial score (nSPS) is 21.9. The van der Waals surface area contributed by atoms with E-state index in [9.17, 15) is 4.79 Å². The van der Waals surface area contributed by atoms with Crippen molar-refractivity contribution in [1.29, 1.82) is 0 Å². The molecule has 74 valence electrons. The van der Waals surface area contributed by atoms with Crippen molar-refractivity contribution in [3.05, 3.63) is 29.6 Å². The average Bonchev–Trinajstić information content (AvgIpc) is 2.30. The molecule has 0 saturated carbocycles. The summed E-state index contributed by atoms with van der Waals surface area (Å²) >= 11 is 0. The van der Waals surface area contributed by atoms with E-state index < -0.39 is 0 Å². The first kappa shape index (κ1) is 9.34. The summed E-state index contributed by atoms with van der Waals surface area (Å²) in [5.41, 5.74) is 1.80. The maximum absolute atomic E-state index is 10.6. The van der Waals surface area contributed by atoms with Gasteiger partial charge in [0.05, 0.1) is 0 Å². The van der Waals surface area contributed by atoms with Crippen LogP contribution in [0.15, 0.2) is 18.5 Å². The predicted octanol–water partition coefficient (Wildman–Crippen LogP) is 1.71. The Kier molecular flexibility index (Phi) is 2.89. The Morgan fingerprint density at radius 2 is 2.36 bits per heavy atom. The van der Waals surface area contributed by atoms with Crippen LogP contribution in [-0.2, 0) is 0 Å². The number of aromatic nitrogens is 1. The predicted molar refractivity (Wildman–Crippen MR) is 54.2 cm³/mol. The third-order valence-electron chi connectivity index (χ3n) is 2.63. The lowest BCUT2D eigenvalue weighted by molar-refractivity contribution is 0.112. The SMILES string of the molecule is O=Cc1cncc([C@@H]2CCCCN2)c1. The smallest absolute Gasteiger partial charge is 0.151 e.